The zero-order chi connectivity index (χ0) is 18.7. The van der Waals surface area contributed by atoms with Crippen molar-refractivity contribution in [2.75, 3.05) is 10.8 Å². The summed E-state index contributed by atoms with van der Waals surface area (Å²) < 4.78 is 27.2. The summed E-state index contributed by atoms with van der Waals surface area (Å²) in [5.74, 6) is -0.266. The number of hydrogen-bond acceptors (Lipinski definition) is 5. The van der Waals surface area contributed by atoms with E-state index < -0.39 is 10.0 Å². The molecule has 0 aliphatic heterocycles. The molecule has 0 radical (unpaired) electrons. The maximum absolute atomic E-state index is 13.1. The lowest BCUT2D eigenvalue weighted by Crippen LogP contribution is -2.36. The van der Waals surface area contributed by atoms with E-state index in [0.717, 1.165) is 15.4 Å². The first-order valence-electron chi connectivity index (χ1n) is 7.97. The molecule has 1 heterocycles. The highest BCUT2D eigenvalue weighted by Gasteiger charge is 2.29. The van der Waals surface area contributed by atoms with Crippen LogP contribution in [0.15, 0.2) is 65.0 Å². The lowest BCUT2D eigenvalue weighted by atomic mass is 10.0. The molecule has 1 aromatic heterocycles. The van der Waals surface area contributed by atoms with Crippen molar-refractivity contribution in [3.8, 4) is 0 Å². The number of aryl methyl sites for hydroxylation is 2. The van der Waals surface area contributed by atoms with Gasteiger partial charge in [-0.05, 0) is 31.5 Å². The third-order valence-corrected chi connectivity index (χ3v) is 6.59. The maximum Gasteiger partial charge on any atom is 0.266 e. The van der Waals surface area contributed by atoms with Gasteiger partial charge in [0.25, 0.3) is 10.0 Å². The van der Waals surface area contributed by atoms with Gasteiger partial charge >= 0.3 is 0 Å². The average molecular weight is 386 g/mol. The van der Waals surface area contributed by atoms with Crippen LogP contribution in [-0.2, 0) is 10.0 Å². The Labute approximate surface area is 157 Å². The molecule has 3 aromatic rings. The summed E-state index contributed by atoms with van der Waals surface area (Å²) in [6.45, 7) is 3.50. The number of rotatable bonds is 6. The molecule has 0 unspecified atom stereocenters. The van der Waals surface area contributed by atoms with Crippen LogP contribution >= 0.6 is 11.3 Å². The smallest absolute Gasteiger partial charge is 0.266 e. The van der Waals surface area contributed by atoms with Crippen molar-refractivity contribution >= 4 is 32.3 Å². The molecule has 0 aliphatic rings. The monoisotopic (exact) mass is 386 g/mol. The number of anilines is 1. The number of hydrogen-bond donors (Lipinski definition) is 0. The van der Waals surface area contributed by atoms with E-state index in [1.807, 2.05) is 26.0 Å². The highest BCUT2D eigenvalue weighted by Crippen LogP contribution is 2.26. The molecule has 0 N–H and O–H groups in total. The molecule has 0 atom stereocenters. The van der Waals surface area contributed by atoms with E-state index >= 15 is 0 Å². The summed E-state index contributed by atoms with van der Waals surface area (Å²) in [4.78, 5) is 17.1. The van der Waals surface area contributed by atoms with E-state index in [-0.39, 0.29) is 22.4 Å². The first kappa shape index (κ1) is 18.3. The van der Waals surface area contributed by atoms with Gasteiger partial charge in [-0.15, -0.1) is 11.3 Å². The molecule has 5 nitrogen and oxygen atoms in total. The van der Waals surface area contributed by atoms with Gasteiger partial charge in [-0.25, -0.2) is 17.7 Å². The molecular weight excluding hydrogens is 368 g/mol. The summed E-state index contributed by atoms with van der Waals surface area (Å²) in [6, 6.07) is 13.6. The van der Waals surface area contributed by atoms with Gasteiger partial charge in [0.15, 0.2) is 10.9 Å². The molecule has 0 bridgehead atoms. The Morgan fingerprint density at radius 2 is 1.85 bits per heavy atom. The fourth-order valence-electron chi connectivity index (χ4n) is 2.66. The van der Waals surface area contributed by atoms with Crippen LogP contribution in [0, 0.1) is 13.8 Å². The molecule has 2 aromatic carbocycles. The first-order valence-corrected chi connectivity index (χ1v) is 10.3. The molecule has 26 heavy (non-hydrogen) atoms. The topological polar surface area (TPSA) is 67.3 Å². The fourth-order valence-corrected chi connectivity index (χ4v) is 4.92. The first-order chi connectivity index (χ1) is 12.4. The summed E-state index contributed by atoms with van der Waals surface area (Å²) >= 11 is 1.18. The van der Waals surface area contributed by atoms with Crippen LogP contribution in [0.1, 0.15) is 21.5 Å². The van der Waals surface area contributed by atoms with Crippen molar-refractivity contribution < 1.29 is 13.2 Å². The van der Waals surface area contributed by atoms with Crippen LogP contribution in [0.25, 0.3) is 0 Å². The number of Topliss-reactive ketones (excluding diaryl/α,β-unsaturated/α-hetero) is 1. The molecule has 134 valence electrons. The van der Waals surface area contributed by atoms with Crippen molar-refractivity contribution in [2.45, 2.75) is 18.7 Å². The normalized spacial score (nSPS) is 11.3. The summed E-state index contributed by atoms with van der Waals surface area (Å²) in [5.41, 5.74) is 2.39. The predicted octanol–water partition coefficient (Wildman–Crippen LogP) is 3.84. The number of aromatic nitrogens is 1. The molecule has 0 amide bonds. The van der Waals surface area contributed by atoms with Crippen molar-refractivity contribution in [2.24, 2.45) is 0 Å². The van der Waals surface area contributed by atoms with E-state index in [1.54, 1.807) is 29.6 Å². The van der Waals surface area contributed by atoms with Crippen molar-refractivity contribution in [1.82, 2.24) is 4.98 Å². The second-order valence-electron chi connectivity index (χ2n) is 5.88. The Morgan fingerprint density at radius 1 is 1.12 bits per heavy atom. The lowest BCUT2D eigenvalue weighted by molar-refractivity contribution is 0.100. The van der Waals surface area contributed by atoms with Gasteiger partial charge in [-0.2, -0.15) is 0 Å². The molecule has 0 saturated carbocycles. The lowest BCUT2D eigenvalue weighted by Gasteiger charge is -2.21. The van der Waals surface area contributed by atoms with Crippen LogP contribution in [0.5, 0.6) is 0 Å². The Balaban J connectivity index is 1.99. The fraction of sp³-hybridized carbons (Fsp3) is 0.158. The van der Waals surface area contributed by atoms with Gasteiger partial charge < -0.3 is 0 Å². The predicted molar refractivity (Wildman–Crippen MR) is 103 cm³/mol. The van der Waals surface area contributed by atoms with E-state index in [0.29, 0.717) is 5.56 Å². The van der Waals surface area contributed by atoms with Crippen LogP contribution in [-0.4, -0.2) is 25.7 Å². The SMILES string of the molecule is Cc1ccc(C(=O)CN(c2nccs2)S(=O)(=O)c2ccccc2)c(C)c1. The van der Waals surface area contributed by atoms with Crippen LogP contribution in [0.4, 0.5) is 5.13 Å². The minimum absolute atomic E-state index is 0.128. The van der Waals surface area contributed by atoms with E-state index in [4.69, 9.17) is 0 Å². The van der Waals surface area contributed by atoms with Gasteiger partial charge in [-0.3, -0.25) is 4.79 Å². The van der Waals surface area contributed by atoms with Crippen molar-refractivity contribution in [3.05, 3.63) is 76.8 Å². The number of carbonyl (C=O) groups excluding carboxylic acids is 1. The highest BCUT2D eigenvalue weighted by molar-refractivity contribution is 7.93. The number of nitrogens with zero attached hydrogens (tertiary/aromatic N) is 2. The van der Waals surface area contributed by atoms with Gasteiger partial charge in [0.05, 0.1) is 4.90 Å². The minimum Gasteiger partial charge on any atom is -0.292 e. The quantitative estimate of drug-likeness (QED) is 0.604. The van der Waals surface area contributed by atoms with Gasteiger partial charge in [0.1, 0.15) is 6.54 Å². The zero-order valence-electron chi connectivity index (χ0n) is 14.4. The summed E-state index contributed by atoms with van der Waals surface area (Å²) in [6.07, 6.45) is 1.52. The van der Waals surface area contributed by atoms with Crippen LogP contribution in [0.3, 0.4) is 0 Å². The third kappa shape index (κ3) is 3.68. The second-order valence-corrected chi connectivity index (χ2v) is 8.62. The summed E-state index contributed by atoms with van der Waals surface area (Å²) in [5, 5.41) is 1.96. The third-order valence-electron chi connectivity index (χ3n) is 3.93. The van der Waals surface area contributed by atoms with Crippen LogP contribution in [0.2, 0.25) is 0 Å². The van der Waals surface area contributed by atoms with E-state index in [1.165, 1.54) is 29.7 Å². The van der Waals surface area contributed by atoms with E-state index in [2.05, 4.69) is 4.98 Å². The highest BCUT2D eigenvalue weighted by atomic mass is 32.2. The molecule has 7 heteroatoms. The van der Waals surface area contributed by atoms with Crippen molar-refractivity contribution in [1.29, 1.82) is 0 Å². The average Bonchev–Trinajstić information content (AvgIpc) is 3.14. The van der Waals surface area contributed by atoms with Crippen molar-refractivity contribution in [3.63, 3.8) is 0 Å². The molecule has 0 aliphatic carbocycles. The van der Waals surface area contributed by atoms with E-state index in [9.17, 15) is 13.2 Å². The number of benzene rings is 2. The van der Waals surface area contributed by atoms with Gasteiger partial charge in [0, 0.05) is 17.1 Å². The second kappa shape index (κ2) is 7.39. The Bertz CT molecular complexity index is 1010. The molecule has 0 fully saturated rings. The van der Waals surface area contributed by atoms with Gasteiger partial charge in [-0.1, -0.05) is 42.0 Å². The Hall–Kier alpha value is -2.51. The molecule has 0 spiro atoms. The minimum atomic E-state index is -3.89. The maximum atomic E-state index is 13.1. The standard InChI is InChI=1S/C19H18N2O3S2/c1-14-8-9-17(15(2)12-14)18(22)13-21(19-20-10-11-25-19)26(23,24)16-6-4-3-5-7-16/h3-12H,13H2,1-2H3. The number of thiazole rings is 1. The summed E-state index contributed by atoms with van der Waals surface area (Å²) in [7, 11) is -3.89. The molecule has 0 saturated heterocycles. The Morgan fingerprint density at radius 3 is 2.46 bits per heavy atom. The zero-order valence-corrected chi connectivity index (χ0v) is 16.0. The number of carbonyl (C=O) groups is 1. The largest absolute Gasteiger partial charge is 0.292 e. The molecular formula is C19H18N2O3S2. The molecule has 3 rings (SSSR count). The number of ketones is 1. The number of sulfonamides is 1. The Kier molecular flexibility index (Phi) is 5.20. The van der Waals surface area contributed by atoms with Crippen LogP contribution < -0.4 is 4.31 Å². The van der Waals surface area contributed by atoms with Gasteiger partial charge in [0.2, 0.25) is 0 Å².